The Balaban J connectivity index is 1.66. The number of anilines is 1. The van der Waals surface area contributed by atoms with Gasteiger partial charge in [-0.3, -0.25) is 4.79 Å². The summed E-state index contributed by atoms with van der Waals surface area (Å²) in [5.74, 6) is 0.00764. The summed E-state index contributed by atoms with van der Waals surface area (Å²) in [4.78, 5) is 12.0. The number of halogens is 2. The molecule has 1 N–H and O–H groups in total. The molecule has 0 aromatic heterocycles. The van der Waals surface area contributed by atoms with Crippen LogP contribution in [0.25, 0.3) is 0 Å². The molecule has 0 spiro atoms. The number of amides is 1. The van der Waals surface area contributed by atoms with Crippen LogP contribution in [0.15, 0.2) is 36.4 Å². The molecule has 1 heterocycles. The van der Waals surface area contributed by atoms with Crippen molar-refractivity contribution in [3.8, 4) is 11.5 Å². The predicted octanol–water partition coefficient (Wildman–Crippen LogP) is 4.21. The maximum atomic E-state index is 13.8. The van der Waals surface area contributed by atoms with E-state index in [-0.39, 0.29) is 22.9 Å². The van der Waals surface area contributed by atoms with Crippen LogP contribution in [0.4, 0.5) is 10.1 Å². The molecule has 1 amide bonds. The number of ether oxygens (including phenoxy) is 2. The second kappa shape index (κ2) is 6.32. The van der Waals surface area contributed by atoms with E-state index in [4.69, 9.17) is 21.1 Å². The van der Waals surface area contributed by atoms with Gasteiger partial charge in [-0.25, -0.2) is 4.39 Å². The number of hydrogen-bond donors (Lipinski definition) is 1. The van der Waals surface area contributed by atoms with E-state index in [1.807, 2.05) is 26.0 Å². The summed E-state index contributed by atoms with van der Waals surface area (Å²) in [5, 5.41) is 2.39. The summed E-state index contributed by atoms with van der Waals surface area (Å²) in [5.41, 5.74) is 0.763. The van der Waals surface area contributed by atoms with Gasteiger partial charge in [-0.2, -0.15) is 0 Å². The van der Waals surface area contributed by atoms with Crippen LogP contribution in [0.3, 0.4) is 0 Å². The maximum Gasteiger partial charge on any atom is 0.262 e. The molecule has 4 nitrogen and oxygen atoms in total. The van der Waals surface area contributed by atoms with E-state index in [1.165, 1.54) is 12.1 Å². The summed E-state index contributed by atoms with van der Waals surface area (Å²) in [6.07, 6.45) is 0.777. The fraction of sp³-hybridized carbons (Fsp3) is 0.278. The molecule has 0 saturated heterocycles. The molecule has 0 saturated carbocycles. The second-order valence-electron chi connectivity index (χ2n) is 6.22. The Labute approximate surface area is 144 Å². The first-order valence-electron chi connectivity index (χ1n) is 7.53. The van der Waals surface area contributed by atoms with Crippen LogP contribution in [0, 0.1) is 5.82 Å². The summed E-state index contributed by atoms with van der Waals surface area (Å²) >= 11 is 5.69. The molecule has 2 aromatic rings. The van der Waals surface area contributed by atoms with Crippen molar-refractivity contribution in [3.05, 3.63) is 52.8 Å². The van der Waals surface area contributed by atoms with Gasteiger partial charge in [0.25, 0.3) is 5.91 Å². The lowest BCUT2D eigenvalue weighted by Gasteiger charge is -2.18. The van der Waals surface area contributed by atoms with Gasteiger partial charge >= 0.3 is 0 Å². The van der Waals surface area contributed by atoms with E-state index in [9.17, 15) is 9.18 Å². The maximum absolute atomic E-state index is 13.8. The van der Waals surface area contributed by atoms with Crippen LogP contribution in [0.2, 0.25) is 5.02 Å². The highest BCUT2D eigenvalue weighted by molar-refractivity contribution is 6.31. The standard InChI is InChI=1S/C18H17ClFNO3/c1-18(2)9-11-5-3-8-14(17(11)24-18)23-10-15(22)21-13-7-4-6-12(19)16(13)20/h3-8H,9-10H2,1-2H3,(H,21,22). The zero-order valence-corrected chi connectivity index (χ0v) is 14.1. The van der Waals surface area contributed by atoms with Gasteiger partial charge in [-0.15, -0.1) is 0 Å². The number of benzene rings is 2. The largest absolute Gasteiger partial charge is 0.483 e. The van der Waals surface area contributed by atoms with Gasteiger partial charge in [-0.05, 0) is 32.0 Å². The Hall–Kier alpha value is -2.27. The van der Waals surface area contributed by atoms with E-state index < -0.39 is 11.7 Å². The first kappa shape index (κ1) is 16.6. The summed E-state index contributed by atoms with van der Waals surface area (Å²) in [6.45, 7) is 3.73. The third-order valence-electron chi connectivity index (χ3n) is 3.64. The van der Waals surface area contributed by atoms with Crippen molar-refractivity contribution in [2.75, 3.05) is 11.9 Å². The molecule has 0 unspecified atom stereocenters. The molecule has 0 aliphatic carbocycles. The molecule has 0 radical (unpaired) electrons. The average Bonchev–Trinajstić information content (AvgIpc) is 2.84. The molecule has 0 atom stereocenters. The zero-order valence-electron chi connectivity index (χ0n) is 13.4. The van der Waals surface area contributed by atoms with Crippen LogP contribution in [-0.2, 0) is 11.2 Å². The molecule has 6 heteroatoms. The van der Waals surface area contributed by atoms with Crippen molar-refractivity contribution in [1.82, 2.24) is 0 Å². The Bertz CT molecular complexity index is 792. The lowest BCUT2D eigenvalue weighted by atomic mass is 10.0. The number of fused-ring (bicyclic) bond motifs is 1. The lowest BCUT2D eigenvalue weighted by molar-refractivity contribution is -0.118. The topological polar surface area (TPSA) is 47.6 Å². The molecular formula is C18H17ClFNO3. The molecule has 1 aliphatic heterocycles. The first-order chi connectivity index (χ1) is 11.4. The number of hydrogen-bond acceptors (Lipinski definition) is 3. The molecule has 126 valence electrons. The van der Waals surface area contributed by atoms with Gasteiger partial charge in [0, 0.05) is 12.0 Å². The molecule has 0 bridgehead atoms. The monoisotopic (exact) mass is 349 g/mol. The third-order valence-corrected chi connectivity index (χ3v) is 3.93. The predicted molar refractivity (Wildman–Crippen MR) is 90.4 cm³/mol. The molecule has 1 aliphatic rings. The highest BCUT2D eigenvalue weighted by Crippen LogP contribution is 2.41. The number of para-hydroxylation sites is 1. The van der Waals surface area contributed by atoms with Crippen molar-refractivity contribution in [2.45, 2.75) is 25.9 Å². The van der Waals surface area contributed by atoms with Crippen LogP contribution >= 0.6 is 11.6 Å². The van der Waals surface area contributed by atoms with Crippen molar-refractivity contribution in [1.29, 1.82) is 0 Å². The Morgan fingerprint density at radius 2 is 2.08 bits per heavy atom. The third kappa shape index (κ3) is 3.46. The SMILES string of the molecule is CC1(C)Cc2cccc(OCC(=O)Nc3cccc(Cl)c3F)c2O1. The van der Waals surface area contributed by atoms with E-state index in [1.54, 1.807) is 12.1 Å². The van der Waals surface area contributed by atoms with Gasteiger partial charge in [0.05, 0.1) is 10.7 Å². The minimum atomic E-state index is -0.668. The normalized spacial score (nSPS) is 14.7. The van der Waals surface area contributed by atoms with E-state index in [0.29, 0.717) is 11.5 Å². The summed E-state index contributed by atoms with van der Waals surface area (Å²) in [7, 11) is 0. The summed E-state index contributed by atoms with van der Waals surface area (Å²) in [6, 6.07) is 9.97. The van der Waals surface area contributed by atoms with Gasteiger partial charge < -0.3 is 14.8 Å². The number of rotatable bonds is 4. The van der Waals surface area contributed by atoms with Gasteiger partial charge in [0.15, 0.2) is 23.9 Å². The highest BCUT2D eigenvalue weighted by Gasteiger charge is 2.32. The fourth-order valence-electron chi connectivity index (χ4n) is 2.63. The molecule has 0 fully saturated rings. The minimum Gasteiger partial charge on any atom is -0.483 e. The number of carbonyl (C=O) groups is 1. The van der Waals surface area contributed by atoms with Crippen molar-refractivity contribution < 1.29 is 18.7 Å². The van der Waals surface area contributed by atoms with Crippen molar-refractivity contribution in [3.63, 3.8) is 0 Å². The lowest BCUT2D eigenvalue weighted by Crippen LogP contribution is -2.25. The van der Waals surface area contributed by atoms with Gasteiger partial charge in [0.2, 0.25) is 0 Å². The smallest absolute Gasteiger partial charge is 0.262 e. The quantitative estimate of drug-likeness (QED) is 0.899. The Kier molecular flexibility index (Phi) is 4.37. The highest BCUT2D eigenvalue weighted by atomic mass is 35.5. The Morgan fingerprint density at radius 1 is 1.33 bits per heavy atom. The van der Waals surface area contributed by atoms with Crippen LogP contribution in [-0.4, -0.2) is 18.1 Å². The van der Waals surface area contributed by atoms with E-state index in [2.05, 4.69) is 5.32 Å². The van der Waals surface area contributed by atoms with Crippen LogP contribution < -0.4 is 14.8 Å². The average molecular weight is 350 g/mol. The van der Waals surface area contributed by atoms with Crippen LogP contribution in [0.1, 0.15) is 19.4 Å². The van der Waals surface area contributed by atoms with E-state index >= 15 is 0 Å². The van der Waals surface area contributed by atoms with E-state index in [0.717, 1.165) is 12.0 Å². The molecular weight excluding hydrogens is 333 g/mol. The number of nitrogens with one attached hydrogen (secondary N) is 1. The molecule has 2 aromatic carbocycles. The van der Waals surface area contributed by atoms with Gasteiger partial charge in [0.1, 0.15) is 5.60 Å². The van der Waals surface area contributed by atoms with Gasteiger partial charge in [-0.1, -0.05) is 29.8 Å². The molecule has 3 rings (SSSR count). The van der Waals surface area contributed by atoms with Crippen LogP contribution in [0.5, 0.6) is 11.5 Å². The number of carbonyl (C=O) groups excluding carboxylic acids is 1. The van der Waals surface area contributed by atoms with Crippen molar-refractivity contribution in [2.24, 2.45) is 0 Å². The Morgan fingerprint density at radius 3 is 2.88 bits per heavy atom. The zero-order chi connectivity index (χ0) is 17.3. The second-order valence-corrected chi connectivity index (χ2v) is 6.63. The summed E-state index contributed by atoms with van der Waals surface area (Å²) < 4.78 is 25.2. The van der Waals surface area contributed by atoms with Crippen molar-refractivity contribution >= 4 is 23.2 Å². The fourth-order valence-corrected chi connectivity index (χ4v) is 2.81. The minimum absolute atomic E-state index is 0.0202. The molecule has 24 heavy (non-hydrogen) atoms. The first-order valence-corrected chi connectivity index (χ1v) is 7.91.